The smallest absolute Gasteiger partial charge is 0.268 e. The molecule has 0 aromatic heterocycles. The van der Waals surface area contributed by atoms with E-state index >= 15 is 0 Å². The van der Waals surface area contributed by atoms with Gasteiger partial charge >= 0.3 is 0 Å². The lowest BCUT2D eigenvalue weighted by atomic mass is 10.0. The average Bonchev–Trinajstić information content (AvgIpc) is 3.24. The number of unbranched alkanes of at least 4 members (excludes halogenated alkanes) is 32. The summed E-state index contributed by atoms with van der Waals surface area (Å²) in [6, 6.07) is -0.900. The molecule has 372 valence electrons. The van der Waals surface area contributed by atoms with Crippen molar-refractivity contribution in [1.82, 2.24) is 5.32 Å². The number of allylic oxidation sites excluding steroid dienone is 5. The Bertz CT molecular complexity index is 1120. The zero-order chi connectivity index (χ0) is 46.4. The van der Waals surface area contributed by atoms with Gasteiger partial charge in [-0.05, 0) is 57.8 Å². The van der Waals surface area contributed by atoms with Gasteiger partial charge < -0.3 is 28.8 Å². The van der Waals surface area contributed by atoms with Gasteiger partial charge in [0.15, 0.2) is 0 Å². The van der Waals surface area contributed by atoms with Crippen LogP contribution in [0.3, 0.4) is 0 Å². The molecule has 3 atom stereocenters. The van der Waals surface area contributed by atoms with E-state index in [1.165, 1.54) is 193 Å². The zero-order valence-electron chi connectivity index (χ0n) is 42.3. The second-order valence-corrected chi connectivity index (χ2v) is 21.0. The number of hydrogen-bond acceptors (Lipinski definition) is 6. The van der Waals surface area contributed by atoms with Crippen LogP contribution in [0.5, 0.6) is 0 Å². The van der Waals surface area contributed by atoms with Gasteiger partial charge in [0.25, 0.3) is 7.82 Å². The fraction of sp³-hybridized carbons (Fsp3) is 0.870. The van der Waals surface area contributed by atoms with E-state index in [2.05, 4.69) is 43.5 Å². The number of likely N-dealkylation sites (N-methyl/N-ethyl adjacent to an activating group) is 1. The summed E-state index contributed by atoms with van der Waals surface area (Å²) in [4.78, 5) is 25.3. The van der Waals surface area contributed by atoms with Crippen LogP contribution < -0.4 is 10.2 Å². The number of carbonyl (C=O) groups is 1. The summed E-state index contributed by atoms with van der Waals surface area (Å²) in [6.07, 6.45) is 58.1. The summed E-state index contributed by atoms with van der Waals surface area (Å²) in [5.74, 6) is -0.207. The third-order valence-electron chi connectivity index (χ3n) is 12.1. The minimum atomic E-state index is -4.59. The normalized spacial score (nSPS) is 14.3. The summed E-state index contributed by atoms with van der Waals surface area (Å²) in [5, 5.41) is 13.8. The Morgan fingerprint density at radius 3 is 1.29 bits per heavy atom. The van der Waals surface area contributed by atoms with Crippen molar-refractivity contribution in [1.29, 1.82) is 0 Å². The topological polar surface area (TPSA) is 108 Å². The first-order valence-electron chi connectivity index (χ1n) is 26.9. The first-order chi connectivity index (χ1) is 30.5. The number of quaternary nitrogens is 1. The molecule has 63 heavy (non-hydrogen) atoms. The third-order valence-corrected chi connectivity index (χ3v) is 13.0. The molecule has 0 aliphatic rings. The summed E-state index contributed by atoms with van der Waals surface area (Å²) in [7, 11) is 1.25. The number of nitrogens with one attached hydrogen (secondary N) is 1. The minimum Gasteiger partial charge on any atom is -0.756 e. The molecule has 1 amide bonds. The van der Waals surface area contributed by atoms with E-state index < -0.39 is 26.6 Å². The maximum Gasteiger partial charge on any atom is 0.268 e. The molecular weight excluding hydrogens is 804 g/mol. The predicted molar refractivity (Wildman–Crippen MR) is 270 cm³/mol. The number of phosphoric ester groups is 1. The fourth-order valence-electron chi connectivity index (χ4n) is 7.81. The molecule has 0 fully saturated rings. The molecule has 0 spiro atoms. The van der Waals surface area contributed by atoms with E-state index in [0.717, 1.165) is 38.5 Å². The standard InChI is InChI=1S/C54H105N2O6P/c1-6-8-10-12-14-16-18-19-20-21-22-23-24-25-26-27-28-29-30-31-32-33-34-35-36-38-40-42-44-46-48-54(58)55-52(51-62-63(59,60)61-50-49-56(3,4)5)53(57)47-45-43-41-39-37-17-15-13-11-9-7-2/h25-26,37,39,45,47,52-53,57H,6-24,27-36,38,40-44,46,48-51H2,1-5H3,(H-,55,58,59,60)/b26-25-,39-37+,47-45+. The maximum atomic E-state index is 12.9. The van der Waals surface area contributed by atoms with Gasteiger partial charge in [-0.1, -0.05) is 224 Å². The summed E-state index contributed by atoms with van der Waals surface area (Å²) >= 11 is 0. The van der Waals surface area contributed by atoms with Gasteiger partial charge in [0.1, 0.15) is 13.2 Å². The molecule has 9 heteroatoms. The maximum absolute atomic E-state index is 12.9. The Balaban J connectivity index is 4.05. The number of aliphatic hydroxyl groups is 1. The number of hydrogen-bond donors (Lipinski definition) is 2. The van der Waals surface area contributed by atoms with Crippen LogP contribution >= 0.6 is 7.82 Å². The lowest BCUT2D eigenvalue weighted by Gasteiger charge is -2.29. The van der Waals surface area contributed by atoms with E-state index in [1.807, 2.05) is 27.2 Å². The van der Waals surface area contributed by atoms with Crippen LogP contribution in [0.25, 0.3) is 0 Å². The van der Waals surface area contributed by atoms with Crippen LogP contribution in [0, 0.1) is 0 Å². The Kier molecular flexibility index (Phi) is 44.9. The predicted octanol–water partition coefficient (Wildman–Crippen LogP) is 15.2. The Morgan fingerprint density at radius 2 is 0.889 bits per heavy atom. The van der Waals surface area contributed by atoms with Crippen molar-refractivity contribution in [2.45, 2.75) is 264 Å². The van der Waals surface area contributed by atoms with Crippen LogP contribution in [0.1, 0.15) is 251 Å². The molecule has 0 bridgehead atoms. The third kappa shape index (κ3) is 48.5. The van der Waals surface area contributed by atoms with Crippen LogP contribution in [0.2, 0.25) is 0 Å². The number of rotatable bonds is 49. The highest BCUT2D eigenvalue weighted by Crippen LogP contribution is 2.38. The van der Waals surface area contributed by atoms with Crippen molar-refractivity contribution >= 4 is 13.7 Å². The van der Waals surface area contributed by atoms with Gasteiger partial charge in [0, 0.05) is 6.42 Å². The molecule has 3 unspecified atom stereocenters. The molecule has 0 aliphatic heterocycles. The van der Waals surface area contributed by atoms with Gasteiger partial charge in [0.05, 0.1) is 39.9 Å². The highest BCUT2D eigenvalue weighted by molar-refractivity contribution is 7.45. The van der Waals surface area contributed by atoms with Gasteiger partial charge in [-0.2, -0.15) is 0 Å². The second-order valence-electron chi connectivity index (χ2n) is 19.6. The molecule has 0 aromatic carbocycles. The van der Waals surface area contributed by atoms with Gasteiger partial charge in [-0.3, -0.25) is 9.36 Å². The molecule has 0 rings (SSSR count). The van der Waals surface area contributed by atoms with E-state index in [1.54, 1.807) is 6.08 Å². The zero-order valence-corrected chi connectivity index (χ0v) is 43.2. The van der Waals surface area contributed by atoms with Crippen LogP contribution in [0.15, 0.2) is 36.5 Å². The molecule has 0 radical (unpaired) electrons. The van der Waals surface area contributed by atoms with Crippen LogP contribution in [0.4, 0.5) is 0 Å². The van der Waals surface area contributed by atoms with Crippen molar-refractivity contribution in [3.63, 3.8) is 0 Å². The quantitative estimate of drug-likeness (QED) is 0.0272. The highest BCUT2D eigenvalue weighted by Gasteiger charge is 2.23. The lowest BCUT2D eigenvalue weighted by molar-refractivity contribution is -0.870. The van der Waals surface area contributed by atoms with Gasteiger partial charge in [-0.25, -0.2) is 0 Å². The number of aliphatic hydroxyl groups excluding tert-OH is 1. The van der Waals surface area contributed by atoms with Gasteiger partial charge in [-0.15, -0.1) is 0 Å². The van der Waals surface area contributed by atoms with E-state index in [4.69, 9.17) is 9.05 Å². The van der Waals surface area contributed by atoms with E-state index in [9.17, 15) is 19.4 Å². The van der Waals surface area contributed by atoms with E-state index in [-0.39, 0.29) is 12.5 Å². The first-order valence-corrected chi connectivity index (χ1v) is 28.3. The van der Waals surface area contributed by atoms with Gasteiger partial charge in [0.2, 0.25) is 5.91 Å². The van der Waals surface area contributed by atoms with Crippen molar-refractivity contribution in [2.24, 2.45) is 0 Å². The van der Waals surface area contributed by atoms with Crippen LogP contribution in [-0.4, -0.2) is 68.5 Å². The summed E-state index contributed by atoms with van der Waals surface area (Å²) in [6.45, 7) is 4.61. The molecule has 0 aliphatic carbocycles. The SMILES string of the molecule is CCCCCCC/C=C/CC/C=C/C(O)C(COP(=O)([O-])OCC[N+](C)(C)C)NC(=O)CCCCCCCCCCCCCCCC/C=C\CCCCCCCCCCCCCC. The van der Waals surface area contributed by atoms with Crippen molar-refractivity contribution < 1.29 is 32.9 Å². The van der Waals surface area contributed by atoms with Crippen molar-refractivity contribution in [3.8, 4) is 0 Å². The Hall–Kier alpha value is -1.28. The molecule has 0 saturated heterocycles. The lowest BCUT2D eigenvalue weighted by Crippen LogP contribution is -2.45. The average molecular weight is 909 g/mol. The second kappa shape index (κ2) is 45.9. The largest absolute Gasteiger partial charge is 0.756 e. The summed E-state index contributed by atoms with van der Waals surface area (Å²) in [5.41, 5.74) is 0. The molecular formula is C54H105N2O6P. The Morgan fingerprint density at radius 1 is 0.540 bits per heavy atom. The number of nitrogens with zero attached hydrogens (tertiary/aromatic N) is 1. The monoisotopic (exact) mass is 909 g/mol. The molecule has 8 nitrogen and oxygen atoms in total. The van der Waals surface area contributed by atoms with Crippen molar-refractivity contribution in [2.75, 3.05) is 40.9 Å². The molecule has 0 saturated carbocycles. The molecule has 0 aromatic rings. The first kappa shape index (κ1) is 61.7. The fourth-order valence-corrected chi connectivity index (χ4v) is 8.53. The number of carbonyl (C=O) groups excluding carboxylic acids is 1. The number of amides is 1. The Labute approximate surface area is 391 Å². The minimum absolute atomic E-state index is 0.00580. The van der Waals surface area contributed by atoms with Crippen LogP contribution in [-0.2, 0) is 18.4 Å². The summed E-state index contributed by atoms with van der Waals surface area (Å²) < 4.78 is 23.2. The molecule has 2 N–H and O–H groups in total. The van der Waals surface area contributed by atoms with Crippen molar-refractivity contribution in [3.05, 3.63) is 36.5 Å². The highest BCUT2D eigenvalue weighted by atomic mass is 31.2. The molecule has 0 heterocycles. The van der Waals surface area contributed by atoms with E-state index in [0.29, 0.717) is 17.4 Å². The number of phosphoric acid groups is 1.